The Balaban J connectivity index is 1.31. The lowest BCUT2D eigenvalue weighted by Crippen LogP contribution is -2.44. The Morgan fingerprint density at radius 3 is 2.51 bits per heavy atom. The number of alkyl halides is 3. The van der Waals surface area contributed by atoms with Crippen LogP contribution in [0.5, 0.6) is 0 Å². The molecule has 1 N–H and O–H groups in total. The van der Waals surface area contributed by atoms with Crippen molar-refractivity contribution in [3.8, 4) is 0 Å². The van der Waals surface area contributed by atoms with Gasteiger partial charge in [0.2, 0.25) is 0 Å². The van der Waals surface area contributed by atoms with E-state index >= 15 is 0 Å². The van der Waals surface area contributed by atoms with Crippen molar-refractivity contribution < 1.29 is 23.1 Å². The number of benzene rings is 3. The smallest absolute Gasteiger partial charge is 0.385 e. The Morgan fingerprint density at radius 2 is 1.77 bits per heavy atom. The van der Waals surface area contributed by atoms with Crippen LogP contribution in [0.15, 0.2) is 70.6 Å². The summed E-state index contributed by atoms with van der Waals surface area (Å²) < 4.78 is 39.8. The molecule has 1 saturated heterocycles. The van der Waals surface area contributed by atoms with E-state index in [-0.39, 0.29) is 24.3 Å². The highest BCUT2D eigenvalue weighted by atomic mass is 35.5. The van der Waals surface area contributed by atoms with Crippen LogP contribution in [-0.4, -0.2) is 34.2 Å². The van der Waals surface area contributed by atoms with Crippen molar-refractivity contribution in [2.24, 2.45) is 4.99 Å². The Hall–Kier alpha value is -2.81. The molecular weight excluding hydrogens is 497 g/mol. The van der Waals surface area contributed by atoms with Crippen molar-refractivity contribution in [1.82, 2.24) is 4.90 Å². The molecule has 0 saturated carbocycles. The maximum absolute atomic E-state index is 13.3. The lowest BCUT2D eigenvalue weighted by Gasteiger charge is -2.39. The molecule has 180 valence electrons. The van der Waals surface area contributed by atoms with Crippen LogP contribution in [0.25, 0.3) is 16.8 Å². The molecule has 5 rings (SSSR count). The van der Waals surface area contributed by atoms with Gasteiger partial charge in [0.1, 0.15) is 0 Å². The minimum Gasteiger partial charge on any atom is -0.385 e. The number of carbonyl (C=O) groups is 1. The molecule has 9 heteroatoms. The molecule has 3 aromatic carbocycles. The Labute approximate surface area is 209 Å². The van der Waals surface area contributed by atoms with Crippen molar-refractivity contribution in [1.29, 1.82) is 0 Å². The molecule has 2 heterocycles. The first-order valence-electron chi connectivity index (χ1n) is 11.0. The standard InChI is InChI=1S/C26H20ClF3N2O2S/c27-21-9-8-18(15-20(21)26(28,29)30)25(34)10-12-32(13-11-25)24-31-23(33)22(35-24)14-17-6-3-5-16-4-1-2-7-19(16)17/h1-9,14-15,34H,10-13H2/b22-14-. The van der Waals surface area contributed by atoms with E-state index in [1.165, 1.54) is 23.9 Å². The molecule has 4 nitrogen and oxygen atoms in total. The molecule has 2 aliphatic rings. The van der Waals surface area contributed by atoms with Crippen LogP contribution in [0, 0.1) is 0 Å². The van der Waals surface area contributed by atoms with Crippen molar-refractivity contribution in [2.45, 2.75) is 24.6 Å². The van der Waals surface area contributed by atoms with Crippen LogP contribution in [0.1, 0.15) is 29.5 Å². The average molecular weight is 517 g/mol. The van der Waals surface area contributed by atoms with Gasteiger partial charge >= 0.3 is 6.18 Å². The van der Waals surface area contributed by atoms with Gasteiger partial charge in [-0.2, -0.15) is 18.2 Å². The van der Waals surface area contributed by atoms with E-state index in [1.54, 1.807) is 0 Å². The first-order valence-corrected chi connectivity index (χ1v) is 12.2. The van der Waals surface area contributed by atoms with E-state index in [0.717, 1.165) is 22.4 Å². The zero-order valence-corrected chi connectivity index (χ0v) is 19.9. The van der Waals surface area contributed by atoms with Crippen molar-refractivity contribution >= 4 is 51.3 Å². The summed E-state index contributed by atoms with van der Waals surface area (Å²) in [6.07, 6.45) is -2.38. The van der Waals surface area contributed by atoms with Gasteiger partial charge in [-0.1, -0.05) is 60.1 Å². The monoisotopic (exact) mass is 516 g/mol. The highest BCUT2D eigenvalue weighted by Crippen LogP contribution is 2.41. The van der Waals surface area contributed by atoms with E-state index in [0.29, 0.717) is 23.2 Å². The molecule has 0 atom stereocenters. The lowest BCUT2D eigenvalue weighted by atomic mass is 9.84. The van der Waals surface area contributed by atoms with E-state index in [9.17, 15) is 23.1 Å². The number of amidine groups is 1. The van der Waals surface area contributed by atoms with Crippen LogP contribution in [0.3, 0.4) is 0 Å². The molecule has 35 heavy (non-hydrogen) atoms. The number of hydrogen-bond donors (Lipinski definition) is 1. The maximum atomic E-state index is 13.3. The number of hydrogen-bond acceptors (Lipinski definition) is 4. The highest BCUT2D eigenvalue weighted by molar-refractivity contribution is 8.18. The van der Waals surface area contributed by atoms with Gasteiger partial charge in [0.25, 0.3) is 5.91 Å². The van der Waals surface area contributed by atoms with Crippen LogP contribution in [-0.2, 0) is 16.6 Å². The van der Waals surface area contributed by atoms with Crippen LogP contribution >= 0.6 is 23.4 Å². The second-order valence-corrected chi connectivity index (χ2v) is 10.0. The zero-order valence-electron chi connectivity index (χ0n) is 18.3. The van der Waals surface area contributed by atoms with E-state index in [2.05, 4.69) is 4.99 Å². The van der Waals surface area contributed by atoms with Gasteiger partial charge in [0.15, 0.2) is 5.17 Å². The second-order valence-electron chi connectivity index (χ2n) is 8.59. The summed E-state index contributed by atoms with van der Waals surface area (Å²) in [5.74, 6) is -0.328. The Bertz CT molecular complexity index is 1370. The Kier molecular flexibility index (Phi) is 6.15. The molecule has 0 bridgehead atoms. The summed E-state index contributed by atoms with van der Waals surface area (Å²) in [4.78, 5) is 19.2. The van der Waals surface area contributed by atoms with Crippen LogP contribution < -0.4 is 0 Å². The summed E-state index contributed by atoms with van der Waals surface area (Å²) in [6.45, 7) is 0.697. The van der Waals surface area contributed by atoms with Gasteiger partial charge in [0.05, 0.1) is 21.1 Å². The SMILES string of the molecule is O=C1N=C(N2CCC(O)(c3ccc(Cl)c(C(F)(F)F)c3)CC2)S/C1=C\c1cccc2ccccc12. The molecule has 1 amide bonds. The number of nitrogens with zero attached hydrogens (tertiary/aromatic N) is 2. The Morgan fingerprint density at radius 1 is 1.06 bits per heavy atom. The average Bonchev–Trinajstić information content (AvgIpc) is 3.19. The number of thioether (sulfide) groups is 1. The zero-order chi connectivity index (χ0) is 24.8. The van der Waals surface area contributed by atoms with Crippen molar-refractivity contribution in [3.63, 3.8) is 0 Å². The predicted octanol–water partition coefficient (Wildman–Crippen LogP) is 6.47. The first-order chi connectivity index (χ1) is 16.6. The summed E-state index contributed by atoms with van der Waals surface area (Å²) in [5, 5.41) is 13.4. The van der Waals surface area contributed by atoms with Gasteiger partial charge in [-0.3, -0.25) is 4.79 Å². The third-order valence-corrected chi connectivity index (χ3v) is 7.76. The fraction of sp³-hybridized carbons (Fsp3) is 0.231. The summed E-state index contributed by atoms with van der Waals surface area (Å²) in [7, 11) is 0. The van der Waals surface area contributed by atoms with Gasteiger partial charge in [-0.15, -0.1) is 0 Å². The maximum Gasteiger partial charge on any atom is 0.417 e. The van der Waals surface area contributed by atoms with Crippen LogP contribution in [0.4, 0.5) is 13.2 Å². The number of aliphatic imine (C=N–C) groups is 1. The number of rotatable bonds is 2. The normalized spacial score (nSPS) is 19.5. The topological polar surface area (TPSA) is 52.9 Å². The molecule has 0 spiro atoms. The van der Waals surface area contributed by atoms with Crippen molar-refractivity contribution in [3.05, 3.63) is 87.3 Å². The molecule has 0 aliphatic carbocycles. The first kappa shape index (κ1) is 23.9. The molecule has 0 radical (unpaired) electrons. The van der Waals surface area contributed by atoms with E-state index in [1.807, 2.05) is 53.4 Å². The fourth-order valence-electron chi connectivity index (χ4n) is 4.44. The van der Waals surface area contributed by atoms with Gasteiger partial charge in [-0.25, -0.2) is 0 Å². The summed E-state index contributed by atoms with van der Waals surface area (Å²) >= 11 is 7.00. The lowest BCUT2D eigenvalue weighted by molar-refractivity contribution is -0.137. The van der Waals surface area contributed by atoms with E-state index in [4.69, 9.17) is 11.6 Å². The fourth-order valence-corrected chi connectivity index (χ4v) is 5.62. The second kappa shape index (κ2) is 9.00. The van der Waals surface area contributed by atoms with Gasteiger partial charge in [-0.05, 0) is 64.7 Å². The predicted molar refractivity (Wildman–Crippen MR) is 133 cm³/mol. The highest BCUT2D eigenvalue weighted by Gasteiger charge is 2.40. The number of carbonyl (C=O) groups excluding carboxylic acids is 1. The molecule has 3 aromatic rings. The van der Waals surface area contributed by atoms with Crippen LogP contribution in [0.2, 0.25) is 5.02 Å². The number of aliphatic hydroxyl groups is 1. The molecule has 1 fully saturated rings. The minimum atomic E-state index is -4.60. The third-order valence-electron chi connectivity index (χ3n) is 6.39. The van der Waals surface area contributed by atoms with Crippen molar-refractivity contribution in [2.75, 3.05) is 13.1 Å². The summed E-state index contributed by atoms with van der Waals surface area (Å²) in [5.41, 5.74) is -1.28. The number of likely N-dealkylation sites (tertiary alicyclic amines) is 1. The quantitative estimate of drug-likeness (QED) is 0.397. The third kappa shape index (κ3) is 4.70. The van der Waals surface area contributed by atoms with Gasteiger partial charge in [0, 0.05) is 13.1 Å². The number of halogens is 4. The number of amides is 1. The molecule has 2 aliphatic heterocycles. The largest absolute Gasteiger partial charge is 0.417 e. The van der Waals surface area contributed by atoms with Gasteiger partial charge < -0.3 is 10.0 Å². The molecular formula is C26H20ClF3N2O2S. The minimum absolute atomic E-state index is 0.183. The molecule has 0 aromatic heterocycles. The van der Waals surface area contributed by atoms with E-state index < -0.39 is 22.4 Å². The number of piperidine rings is 1. The summed E-state index contributed by atoms with van der Waals surface area (Å²) in [6, 6.07) is 17.3. The molecule has 0 unspecified atom stereocenters. The number of fused-ring (bicyclic) bond motifs is 1.